The second-order valence-corrected chi connectivity index (χ2v) is 8.29. The first-order valence-corrected chi connectivity index (χ1v) is 11.0. The molecule has 3 N–H and O–H groups in total. The standard InChI is InChI=1S/C23H24BrN5O3/c1-4-31-18-10-16(9-17(24)21(18)32-11-15-8-6-5-7-13(15)2)20-19(22(25)30)14(3)28-23-26-12-27-29(20)23/h5-10,12,20H,4,11H2,1-3H3,(H2,25,30)(H,26,27,28). The quantitative estimate of drug-likeness (QED) is 0.509. The molecule has 0 spiro atoms. The predicted octanol–water partition coefficient (Wildman–Crippen LogP) is 4.10. The number of carbonyl (C=O) groups excluding carboxylic acids is 1. The number of benzene rings is 2. The number of fused-ring (bicyclic) bond motifs is 1. The molecule has 8 nitrogen and oxygen atoms in total. The smallest absolute Gasteiger partial charge is 0.248 e. The van der Waals surface area contributed by atoms with Gasteiger partial charge in [0.05, 0.1) is 16.7 Å². The van der Waals surface area contributed by atoms with Gasteiger partial charge in [-0.1, -0.05) is 24.3 Å². The Morgan fingerprint density at radius 1 is 1.25 bits per heavy atom. The Morgan fingerprint density at radius 2 is 2.03 bits per heavy atom. The number of allylic oxidation sites excluding steroid dienone is 1. The van der Waals surface area contributed by atoms with Gasteiger partial charge in [0.1, 0.15) is 19.0 Å². The van der Waals surface area contributed by atoms with Crippen LogP contribution in [0.1, 0.15) is 36.6 Å². The number of halogens is 1. The summed E-state index contributed by atoms with van der Waals surface area (Å²) in [5.41, 5.74) is 9.79. The Morgan fingerprint density at radius 3 is 2.75 bits per heavy atom. The number of nitrogens with zero attached hydrogens (tertiary/aromatic N) is 3. The highest BCUT2D eigenvalue weighted by Crippen LogP contribution is 2.42. The minimum Gasteiger partial charge on any atom is -0.490 e. The van der Waals surface area contributed by atoms with Crippen LogP contribution in [0.15, 0.2) is 58.5 Å². The topological polar surface area (TPSA) is 104 Å². The van der Waals surface area contributed by atoms with Crippen LogP contribution < -0.4 is 20.5 Å². The highest BCUT2D eigenvalue weighted by atomic mass is 79.9. The van der Waals surface area contributed by atoms with Gasteiger partial charge in [-0.3, -0.25) is 4.79 Å². The van der Waals surface area contributed by atoms with Gasteiger partial charge < -0.3 is 20.5 Å². The van der Waals surface area contributed by atoms with E-state index in [1.54, 1.807) is 11.6 Å². The van der Waals surface area contributed by atoms with Crippen molar-refractivity contribution in [2.24, 2.45) is 5.73 Å². The molecule has 0 radical (unpaired) electrons. The van der Waals surface area contributed by atoms with E-state index in [4.69, 9.17) is 15.2 Å². The fourth-order valence-corrected chi connectivity index (χ4v) is 4.36. The van der Waals surface area contributed by atoms with Crippen molar-refractivity contribution in [2.75, 3.05) is 11.9 Å². The van der Waals surface area contributed by atoms with Crippen molar-refractivity contribution in [2.45, 2.75) is 33.4 Å². The highest BCUT2D eigenvalue weighted by Gasteiger charge is 2.33. The molecular formula is C23H24BrN5O3. The van der Waals surface area contributed by atoms with Crippen LogP contribution in [0.4, 0.5) is 5.95 Å². The maximum Gasteiger partial charge on any atom is 0.248 e. The van der Waals surface area contributed by atoms with Gasteiger partial charge in [0, 0.05) is 5.70 Å². The van der Waals surface area contributed by atoms with Crippen molar-refractivity contribution < 1.29 is 14.3 Å². The second-order valence-electron chi connectivity index (χ2n) is 7.44. The molecule has 1 amide bonds. The summed E-state index contributed by atoms with van der Waals surface area (Å²) in [6, 6.07) is 11.3. The van der Waals surface area contributed by atoms with E-state index in [-0.39, 0.29) is 0 Å². The summed E-state index contributed by atoms with van der Waals surface area (Å²) in [5.74, 6) is 1.15. The Kier molecular flexibility index (Phi) is 6.18. The van der Waals surface area contributed by atoms with Gasteiger partial charge in [-0.25, -0.2) is 4.68 Å². The van der Waals surface area contributed by atoms with E-state index in [0.29, 0.717) is 46.4 Å². The summed E-state index contributed by atoms with van der Waals surface area (Å²) in [7, 11) is 0. The summed E-state index contributed by atoms with van der Waals surface area (Å²) in [6.45, 7) is 6.60. The lowest BCUT2D eigenvalue weighted by Crippen LogP contribution is -2.31. The van der Waals surface area contributed by atoms with E-state index in [0.717, 1.165) is 16.7 Å². The number of nitrogens with one attached hydrogen (secondary N) is 1. The van der Waals surface area contributed by atoms with Crippen LogP contribution in [0.5, 0.6) is 11.5 Å². The summed E-state index contributed by atoms with van der Waals surface area (Å²) < 4.78 is 14.4. The summed E-state index contributed by atoms with van der Waals surface area (Å²) in [4.78, 5) is 16.6. The van der Waals surface area contributed by atoms with Gasteiger partial charge in [-0.05, 0) is 65.5 Å². The van der Waals surface area contributed by atoms with Gasteiger partial charge in [0.15, 0.2) is 11.5 Å². The van der Waals surface area contributed by atoms with E-state index in [9.17, 15) is 4.79 Å². The molecule has 0 saturated heterocycles. The van der Waals surface area contributed by atoms with Gasteiger partial charge in [-0.15, -0.1) is 0 Å². The van der Waals surface area contributed by atoms with Crippen molar-refractivity contribution in [3.8, 4) is 11.5 Å². The van der Waals surface area contributed by atoms with Gasteiger partial charge in [-0.2, -0.15) is 10.1 Å². The number of amides is 1. The normalized spacial score (nSPS) is 15.2. The third-order valence-electron chi connectivity index (χ3n) is 5.34. The summed E-state index contributed by atoms with van der Waals surface area (Å²) in [5, 5.41) is 7.39. The van der Waals surface area contributed by atoms with Crippen LogP contribution in [0.3, 0.4) is 0 Å². The maximum absolute atomic E-state index is 12.3. The second kappa shape index (κ2) is 9.04. The Bertz CT molecular complexity index is 1200. The van der Waals surface area contributed by atoms with Crippen LogP contribution in [-0.2, 0) is 11.4 Å². The number of hydrogen-bond donors (Lipinski definition) is 2. The van der Waals surface area contributed by atoms with Crippen LogP contribution in [0.25, 0.3) is 0 Å². The van der Waals surface area contributed by atoms with Crippen molar-refractivity contribution in [1.29, 1.82) is 0 Å². The molecule has 1 atom stereocenters. The molecule has 0 bridgehead atoms. The first-order chi connectivity index (χ1) is 15.4. The van der Waals surface area contributed by atoms with Gasteiger partial charge >= 0.3 is 0 Å². The summed E-state index contributed by atoms with van der Waals surface area (Å²) >= 11 is 3.63. The molecule has 32 heavy (non-hydrogen) atoms. The zero-order valence-corrected chi connectivity index (χ0v) is 19.6. The van der Waals surface area contributed by atoms with Gasteiger partial charge in [0.25, 0.3) is 0 Å². The molecule has 9 heteroatoms. The Balaban J connectivity index is 1.76. The van der Waals surface area contributed by atoms with E-state index < -0.39 is 11.9 Å². The molecule has 0 aliphatic carbocycles. The zero-order chi connectivity index (χ0) is 22.8. The molecule has 2 heterocycles. The molecule has 1 aliphatic heterocycles. The Labute approximate surface area is 194 Å². The fourth-order valence-electron chi connectivity index (χ4n) is 3.79. The average Bonchev–Trinajstić information content (AvgIpc) is 3.21. The minimum absolute atomic E-state index is 0.400. The zero-order valence-electron chi connectivity index (χ0n) is 18.1. The van der Waals surface area contributed by atoms with Crippen molar-refractivity contribution in [1.82, 2.24) is 14.8 Å². The number of aromatic nitrogens is 3. The predicted molar refractivity (Wildman–Crippen MR) is 125 cm³/mol. The average molecular weight is 498 g/mol. The molecule has 2 aromatic carbocycles. The molecule has 3 aromatic rings. The number of anilines is 1. The van der Waals surface area contributed by atoms with Crippen molar-refractivity contribution in [3.63, 3.8) is 0 Å². The first kappa shape index (κ1) is 21.9. The van der Waals surface area contributed by atoms with E-state index in [2.05, 4.69) is 31.3 Å². The third-order valence-corrected chi connectivity index (χ3v) is 5.93. The van der Waals surface area contributed by atoms with E-state index >= 15 is 0 Å². The van der Waals surface area contributed by atoms with Crippen LogP contribution in [-0.4, -0.2) is 27.3 Å². The molecule has 4 rings (SSSR count). The maximum atomic E-state index is 12.3. The minimum atomic E-state index is -0.549. The third kappa shape index (κ3) is 4.08. The largest absolute Gasteiger partial charge is 0.490 e. The van der Waals surface area contributed by atoms with E-state index in [1.165, 1.54) is 6.33 Å². The van der Waals surface area contributed by atoms with Gasteiger partial charge in [0.2, 0.25) is 11.9 Å². The molecule has 0 saturated carbocycles. The molecule has 1 aliphatic rings. The SMILES string of the molecule is CCOc1cc(C2C(C(N)=O)=C(C)Nc3ncnn32)cc(Br)c1OCc1ccccc1C. The molecule has 166 valence electrons. The number of carbonyl (C=O) groups is 1. The number of hydrogen-bond acceptors (Lipinski definition) is 6. The monoisotopic (exact) mass is 497 g/mol. The van der Waals surface area contributed by atoms with Crippen molar-refractivity contribution in [3.05, 3.63) is 75.2 Å². The van der Waals surface area contributed by atoms with Crippen LogP contribution in [0, 0.1) is 6.92 Å². The number of ether oxygens (including phenoxy) is 2. The number of aryl methyl sites for hydroxylation is 1. The lowest BCUT2D eigenvalue weighted by Gasteiger charge is -2.28. The highest BCUT2D eigenvalue weighted by molar-refractivity contribution is 9.10. The summed E-state index contributed by atoms with van der Waals surface area (Å²) in [6.07, 6.45) is 1.44. The molecule has 1 unspecified atom stereocenters. The lowest BCUT2D eigenvalue weighted by atomic mass is 9.95. The number of nitrogens with two attached hydrogens (primary N) is 1. The lowest BCUT2D eigenvalue weighted by molar-refractivity contribution is -0.115. The van der Waals surface area contributed by atoms with E-state index in [1.807, 2.05) is 50.2 Å². The molecular weight excluding hydrogens is 474 g/mol. The Hall–Kier alpha value is -3.33. The number of rotatable bonds is 7. The van der Waals surface area contributed by atoms with Crippen LogP contribution >= 0.6 is 15.9 Å². The molecule has 0 fully saturated rings. The van der Waals surface area contributed by atoms with Crippen molar-refractivity contribution >= 4 is 27.8 Å². The first-order valence-electron chi connectivity index (χ1n) is 10.2. The van der Waals surface area contributed by atoms with Crippen LogP contribution in [0.2, 0.25) is 0 Å². The number of primary amides is 1. The molecule has 1 aromatic heterocycles. The fraction of sp³-hybridized carbons (Fsp3) is 0.261.